The standard InChI is InChI=1S/C44H28N4/c1-4-16-29(17-5-1)41-38(28-45-44(46-41)30-18-6-2-7-19-30)48-37-27-15-13-25-35(37)40-39-34-24-12-14-26-36(34)47(31-20-8-3-9-21-31)42(39)32-22-10-11-23-33(32)43(40)48/h1-28H. The van der Waals surface area contributed by atoms with Crippen molar-refractivity contribution in [3.05, 3.63) is 170 Å². The number of hydrogen-bond acceptors (Lipinski definition) is 2. The molecule has 10 aromatic rings. The Morgan fingerprint density at radius 2 is 0.854 bits per heavy atom. The van der Waals surface area contributed by atoms with Crippen molar-refractivity contribution in [1.82, 2.24) is 19.1 Å². The summed E-state index contributed by atoms with van der Waals surface area (Å²) in [6.07, 6.45) is 2.01. The molecule has 0 saturated carbocycles. The third-order valence-electron chi connectivity index (χ3n) is 9.54. The van der Waals surface area contributed by atoms with Gasteiger partial charge in [0.05, 0.1) is 39.6 Å². The molecule has 0 radical (unpaired) electrons. The molecule has 4 heteroatoms. The Morgan fingerprint density at radius 3 is 1.46 bits per heavy atom. The van der Waals surface area contributed by atoms with Crippen molar-refractivity contribution in [3.8, 4) is 34.0 Å². The van der Waals surface area contributed by atoms with E-state index in [-0.39, 0.29) is 0 Å². The maximum Gasteiger partial charge on any atom is 0.159 e. The van der Waals surface area contributed by atoms with Gasteiger partial charge in [-0.1, -0.05) is 140 Å². The first kappa shape index (κ1) is 26.7. The van der Waals surface area contributed by atoms with Crippen molar-refractivity contribution in [1.29, 1.82) is 0 Å². The Hall–Kier alpha value is -6.52. The van der Waals surface area contributed by atoms with Crippen LogP contribution in [0.3, 0.4) is 0 Å². The summed E-state index contributed by atoms with van der Waals surface area (Å²) in [5.74, 6) is 0.706. The average molecular weight is 613 g/mol. The monoisotopic (exact) mass is 612 g/mol. The van der Waals surface area contributed by atoms with Gasteiger partial charge in [-0.3, -0.25) is 0 Å². The lowest BCUT2D eigenvalue weighted by molar-refractivity contribution is 1.09. The van der Waals surface area contributed by atoms with Crippen molar-refractivity contribution in [2.45, 2.75) is 0 Å². The highest BCUT2D eigenvalue weighted by molar-refractivity contribution is 6.37. The van der Waals surface area contributed by atoms with Gasteiger partial charge in [0.2, 0.25) is 0 Å². The summed E-state index contributed by atoms with van der Waals surface area (Å²) in [7, 11) is 0. The van der Waals surface area contributed by atoms with E-state index in [2.05, 4.69) is 155 Å². The van der Waals surface area contributed by atoms with Crippen LogP contribution in [0.25, 0.3) is 88.4 Å². The fraction of sp³-hybridized carbons (Fsp3) is 0. The van der Waals surface area contributed by atoms with E-state index in [4.69, 9.17) is 9.97 Å². The quantitative estimate of drug-likeness (QED) is 0.198. The third kappa shape index (κ3) is 3.83. The molecule has 3 heterocycles. The highest BCUT2D eigenvalue weighted by Gasteiger charge is 2.25. The van der Waals surface area contributed by atoms with Crippen LogP contribution in [0.1, 0.15) is 0 Å². The van der Waals surface area contributed by atoms with E-state index in [1.165, 1.54) is 43.4 Å². The van der Waals surface area contributed by atoms with Crippen LogP contribution in [0, 0.1) is 0 Å². The molecule has 3 aromatic heterocycles. The number of fused-ring (bicyclic) bond motifs is 10. The first-order valence-electron chi connectivity index (χ1n) is 16.3. The molecule has 48 heavy (non-hydrogen) atoms. The lowest BCUT2D eigenvalue weighted by atomic mass is 9.99. The number of nitrogens with zero attached hydrogens (tertiary/aromatic N) is 4. The van der Waals surface area contributed by atoms with Gasteiger partial charge in [0.1, 0.15) is 0 Å². The van der Waals surface area contributed by atoms with Crippen LogP contribution < -0.4 is 0 Å². The molecule has 0 amide bonds. The Kier molecular flexibility index (Phi) is 5.84. The van der Waals surface area contributed by atoms with E-state index in [1.807, 2.05) is 24.4 Å². The van der Waals surface area contributed by atoms with Crippen LogP contribution in [-0.4, -0.2) is 19.1 Å². The van der Waals surface area contributed by atoms with Crippen molar-refractivity contribution < 1.29 is 0 Å². The molecule has 224 valence electrons. The number of para-hydroxylation sites is 3. The highest BCUT2D eigenvalue weighted by Crippen LogP contribution is 2.47. The summed E-state index contributed by atoms with van der Waals surface area (Å²) < 4.78 is 4.84. The molecule has 7 aromatic carbocycles. The molecule has 4 nitrogen and oxygen atoms in total. The largest absolute Gasteiger partial charge is 0.309 e. The molecule has 0 unspecified atom stereocenters. The number of rotatable bonds is 4. The highest BCUT2D eigenvalue weighted by atomic mass is 15.0. The molecule has 0 bridgehead atoms. The Bertz CT molecular complexity index is 2810. The van der Waals surface area contributed by atoms with Gasteiger partial charge in [-0.25, -0.2) is 9.97 Å². The lowest BCUT2D eigenvalue weighted by Crippen LogP contribution is -2.03. The van der Waals surface area contributed by atoms with E-state index in [1.54, 1.807) is 0 Å². The van der Waals surface area contributed by atoms with E-state index in [9.17, 15) is 0 Å². The summed E-state index contributed by atoms with van der Waals surface area (Å²) in [4.78, 5) is 10.3. The van der Waals surface area contributed by atoms with Crippen LogP contribution in [0.4, 0.5) is 0 Å². The molecule has 0 atom stereocenters. The molecule has 10 rings (SSSR count). The average Bonchev–Trinajstić information content (AvgIpc) is 3.70. The SMILES string of the molecule is c1ccc(-c2ncc(-n3c4ccccc4c4c5c6ccccc6n(-c6ccccc6)c5c5ccccc5c43)c(-c3ccccc3)n2)cc1. The predicted molar refractivity (Wildman–Crippen MR) is 199 cm³/mol. The maximum atomic E-state index is 5.28. The van der Waals surface area contributed by atoms with Gasteiger partial charge in [0.15, 0.2) is 5.82 Å². The predicted octanol–water partition coefficient (Wildman–Crippen LogP) is 11.2. The van der Waals surface area contributed by atoms with Crippen LogP contribution in [-0.2, 0) is 0 Å². The first-order valence-corrected chi connectivity index (χ1v) is 16.3. The van der Waals surface area contributed by atoms with Gasteiger partial charge in [-0.15, -0.1) is 0 Å². The van der Waals surface area contributed by atoms with E-state index >= 15 is 0 Å². The Balaban J connectivity index is 1.43. The molecular weight excluding hydrogens is 585 g/mol. The number of aromatic nitrogens is 4. The van der Waals surface area contributed by atoms with Crippen LogP contribution in [0.15, 0.2) is 170 Å². The zero-order valence-electron chi connectivity index (χ0n) is 26.0. The minimum atomic E-state index is 0.706. The van der Waals surface area contributed by atoms with Gasteiger partial charge in [-0.05, 0) is 24.3 Å². The zero-order chi connectivity index (χ0) is 31.6. The van der Waals surface area contributed by atoms with E-state index in [0.717, 1.165) is 39.2 Å². The molecule has 0 aliphatic carbocycles. The molecule has 0 spiro atoms. The second-order valence-electron chi connectivity index (χ2n) is 12.2. The molecular formula is C44H28N4. The second-order valence-corrected chi connectivity index (χ2v) is 12.2. The van der Waals surface area contributed by atoms with Gasteiger partial charge >= 0.3 is 0 Å². The minimum Gasteiger partial charge on any atom is -0.309 e. The van der Waals surface area contributed by atoms with Crippen LogP contribution >= 0.6 is 0 Å². The maximum absolute atomic E-state index is 5.28. The fourth-order valence-electron chi connectivity index (χ4n) is 7.56. The summed E-state index contributed by atoms with van der Waals surface area (Å²) in [6, 6.07) is 57.8. The lowest BCUT2D eigenvalue weighted by Gasteiger charge is -2.16. The number of hydrogen-bond donors (Lipinski definition) is 0. The molecule has 0 fully saturated rings. The summed E-state index contributed by atoms with van der Waals surface area (Å²) in [5, 5.41) is 7.30. The first-order chi connectivity index (χ1) is 23.9. The van der Waals surface area contributed by atoms with Crippen molar-refractivity contribution in [3.63, 3.8) is 0 Å². The van der Waals surface area contributed by atoms with Crippen LogP contribution in [0.5, 0.6) is 0 Å². The summed E-state index contributed by atoms with van der Waals surface area (Å²) in [5.41, 5.74) is 9.70. The van der Waals surface area contributed by atoms with Crippen molar-refractivity contribution in [2.24, 2.45) is 0 Å². The molecule has 0 N–H and O–H groups in total. The Labute approximate surface area is 276 Å². The number of benzene rings is 7. The molecule has 0 saturated heterocycles. The van der Waals surface area contributed by atoms with Gasteiger partial charge in [0, 0.05) is 49.1 Å². The summed E-state index contributed by atoms with van der Waals surface area (Å²) in [6.45, 7) is 0. The van der Waals surface area contributed by atoms with Crippen molar-refractivity contribution >= 4 is 54.4 Å². The minimum absolute atomic E-state index is 0.706. The van der Waals surface area contributed by atoms with Gasteiger partial charge in [0.25, 0.3) is 0 Å². The van der Waals surface area contributed by atoms with Crippen molar-refractivity contribution in [2.75, 3.05) is 0 Å². The summed E-state index contributed by atoms with van der Waals surface area (Å²) >= 11 is 0. The fourth-order valence-corrected chi connectivity index (χ4v) is 7.56. The Morgan fingerprint density at radius 1 is 0.396 bits per heavy atom. The normalized spacial score (nSPS) is 11.8. The van der Waals surface area contributed by atoms with E-state index in [0.29, 0.717) is 5.82 Å². The zero-order valence-corrected chi connectivity index (χ0v) is 26.0. The van der Waals surface area contributed by atoms with Gasteiger partial charge in [-0.2, -0.15) is 0 Å². The van der Waals surface area contributed by atoms with E-state index < -0.39 is 0 Å². The smallest absolute Gasteiger partial charge is 0.159 e. The molecule has 0 aliphatic rings. The second kappa shape index (κ2) is 10.5. The molecule has 0 aliphatic heterocycles. The third-order valence-corrected chi connectivity index (χ3v) is 9.54. The topological polar surface area (TPSA) is 35.6 Å². The van der Waals surface area contributed by atoms with Gasteiger partial charge < -0.3 is 9.13 Å². The van der Waals surface area contributed by atoms with Crippen LogP contribution in [0.2, 0.25) is 0 Å².